The summed E-state index contributed by atoms with van der Waals surface area (Å²) in [4.78, 5) is 43.8. The number of nitrogens with zero attached hydrogens (tertiary/aromatic N) is 3. The molecule has 0 aliphatic carbocycles. The number of aryl methyl sites for hydroxylation is 2. The summed E-state index contributed by atoms with van der Waals surface area (Å²) in [6.07, 6.45) is 0. The molecule has 9 heteroatoms. The van der Waals surface area contributed by atoms with Crippen LogP contribution in [0.15, 0.2) is 41.6 Å². The minimum Gasteiger partial charge on any atom is -0.291 e. The number of H-pyrrole nitrogens is 1. The molecule has 0 atom stereocenters. The smallest absolute Gasteiger partial charge is 0.266 e. The molecule has 2 heterocycles. The fraction of sp³-hybridized carbons (Fsp3) is 0.190. The summed E-state index contributed by atoms with van der Waals surface area (Å²) >= 11 is 1.44. The van der Waals surface area contributed by atoms with Crippen molar-refractivity contribution in [2.75, 3.05) is 16.0 Å². The van der Waals surface area contributed by atoms with Crippen LogP contribution >= 0.6 is 11.8 Å². The Hall–Kier alpha value is -3.46. The van der Waals surface area contributed by atoms with Crippen molar-refractivity contribution in [1.29, 1.82) is 0 Å². The Bertz CT molecular complexity index is 1190. The van der Waals surface area contributed by atoms with E-state index in [1.54, 1.807) is 6.07 Å². The number of imide groups is 1. The summed E-state index contributed by atoms with van der Waals surface area (Å²) in [5, 5.41) is 9.81. The highest BCUT2D eigenvalue weighted by Crippen LogP contribution is 2.31. The number of hydrogen-bond donors (Lipinski definition) is 2. The molecule has 2 aromatic carbocycles. The van der Waals surface area contributed by atoms with Crippen molar-refractivity contribution in [3.8, 4) is 0 Å². The number of carbonyl (C=O) groups excluding carboxylic acids is 3. The molecular weight excluding hydrogens is 402 g/mol. The van der Waals surface area contributed by atoms with Crippen LogP contribution in [0.5, 0.6) is 0 Å². The fourth-order valence-electron chi connectivity index (χ4n) is 3.24. The van der Waals surface area contributed by atoms with E-state index < -0.39 is 17.7 Å². The van der Waals surface area contributed by atoms with Gasteiger partial charge in [0.2, 0.25) is 11.1 Å². The normalized spacial score (nSPS) is 13.0. The molecular formula is C21H19N5O3S. The van der Waals surface area contributed by atoms with E-state index in [4.69, 9.17) is 0 Å². The monoisotopic (exact) mass is 421 g/mol. The van der Waals surface area contributed by atoms with E-state index in [1.165, 1.54) is 34.9 Å². The molecule has 0 fully saturated rings. The maximum absolute atomic E-state index is 13.0. The van der Waals surface area contributed by atoms with Gasteiger partial charge in [-0.05, 0) is 55.0 Å². The molecule has 2 N–H and O–H groups in total. The summed E-state index contributed by atoms with van der Waals surface area (Å²) in [7, 11) is 0. The third-order valence-electron chi connectivity index (χ3n) is 4.72. The SMILES string of the molecule is CCSc1n[nH]c(NC(=O)c2ccc3c(c2)C(=O)N(c2cc(C)ccc2C)C3=O)n1. The van der Waals surface area contributed by atoms with Gasteiger partial charge in [0.1, 0.15) is 0 Å². The van der Waals surface area contributed by atoms with Gasteiger partial charge in [-0.2, -0.15) is 4.98 Å². The number of anilines is 2. The third kappa shape index (κ3) is 3.48. The van der Waals surface area contributed by atoms with Crippen LogP contribution in [-0.4, -0.2) is 38.7 Å². The number of aromatic nitrogens is 3. The first-order valence-corrected chi connectivity index (χ1v) is 10.3. The molecule has 0 unspecified atom stereocenters. The van der Waals surface area contributed by atoms with Crippen LogP contribution in [-0.2, 0) is 0 Å². The second-order valence-corrected chi connectivity index (χ2v) is 8.08. The third-order valence-corrected chi connectivity index (χ3v) is 5.45. The highest BCUT2D eigenvalue weighted by Gasteiger charge is 2.37. The van der Waals surface area contributed by atoms with E-state index in [0.29, 0.717) is 10.8 Å². The zero-order valence-corrected chi connectivity index (χ0v) is 17.5. The van der Waals surface area contributed by atoms with E-state index in [1.807, 2.05) is 32.9 Å². The van der Waals surface area contributed by atoms with Crippen molar-refractivity contribution in [3.05, 3.63) is 64.2 Å². The van der Waals surface area contributed by atoms with Gasteiger partial charge in [-0.15, -0.1) is 5.10 Å². The number of thioether (sulfide) groups is 1. The maximum atomic E-state index is 13.0. The van der Waals surface area contributed by atoms with Crippen LogP contribution in [0.25, 0.3) is 0 Å². The first-order chi connectivity index (χ1) is 14.4. The molecule has 8 nitrogen and oxygen atoms in total. The molecule has 0 radical (unpaired) electrons. The molecule has 3 amide bonds. The van der Waals surface area contributed by atoms with Gasteiger partial charge in [-0.3, -0.25) is 19.7 Å². The van der Waals surface area contributed by atoms with Gasteiger partial charge in [0.25, 0.3) is 17.7 Å². The highest BCUT2D eigenvalue weighted by molar-refractivity contribution is 7.99. The number of nitrogens with one attached hydrogen (secondary N) is 2. The lowest BCUT2D eigenvalue weighted by molar-refractivity contribution is 0.0925. The summed E-state index contributed by atoms with van der Waals surface area (Å²) in [5.74, 6) is -0.265. The Labute approximate surface area is 177 Å². The Balaban J connectivity index is 1.61. The maximum Gasteiger partial charge on any atom is 0.266 e. The average molecular weight is 421 g/mol. The van der Waals surface area contributed by atoms with Crippen LogP contribution < -0.4 is 10.2 Å². The van der Waals surface area contributed by atoms with Crippen molar-refractivity contribution in [2.45, 2.75) is 25.9 Å². The standard InChI is InChI=1S/C21H19N5O3S/c1-4-30-21-23-20(24-25-21)22-17(27)13-7-8-14-15(10-13)19(29)26(18(14)28)16-9-11(2)5-6-12(16)3/h5-10H,4H2,1-3H3,(H2,22,23,24,25,27). The Morgan fingerprint density at radius 2 is 1.87 bits per heavy atom. The molecule has 152 valence electrons. The van der Waals surface area contributed by atoms with Crippen molar-refractivity contribution in [2.24, 2.45) is 0 Å². The number of carbonyl (C=O) groups is 3. The van der Waals surface area contributed by atoms with Gasteiger partial charge in [0.05, 0.1) is 16.8 Å². The van der Waals surface area contributed by atoms with Crippen LogP contribution in [0, 0.1) is 13.8 Å². The van der Waals surface area contributed by atoms with Gasteiger partial charge < -0.3 is 0 Å². The van der Waals surface area contributed by atoms with E-state index >= 15 is 0 Å². The predicted molar refractivity (Wildman–Crippen MR) is 114 cm³/mol. The van der Waals surface area contributed by atoms with Crippen molar-refractivity contribution in [3.63, 3.8) is 0 Å². The lowest BCUT2D eigenvalue weighted by atomic mass is 10.1. The number of fused-ring (bicyclic) bond motifs is 1. The lowest BCUT2D eigenvalue weighted by Gasteiger charge is -2.17. The van der Waals surface area contributed by atoms with Crippen molar-refractivity contribution >= 4 is 41.1 Å². The van der Waals surface area contributed by atoms with Crippen molar-refractivity contribution < 1.29 is 14.4 Å². The van der Waals surface area contributed by atoms with E-state index in [2.05, 4.69) is 20.5 Å². The molecule has 3 aromatic rings. The summed E-state index contributed by atoms with van der Waals surface area (Å²) in [5.41, 5.74) is 3.04. The van der Waals surface area contributed by atoms with Gasteiger partial charge >= 0.3 is 0 Å². The van der Waals surface area contributed by atoms with Gasteiger partial charge in [-0.1, -0.05) is 30.8 Å². The molecule has 0 bridgehead atoms. The summed E-state index contributed by atoms with van der Waals surface area (Å²) in [6, 6.07) is 10.1. The second-order valence-electron chi connectivity index (χ2n) is 6.85. The predicted octanol–water partition coefficient (Wildman–Crippen LogP) is 3.59. The molecule has 0 saturated heterocycles. The number of rotatable bonds is 5. The Morgan fingerprint density at radius 3 is 2.63 bits per heavy atom. The van der Waals surface area contributed by atoms with E-state index in [-0.39, 0.29) is 22.6 Å². The summed E-state index contributed by atoms with van der Waals surface area (Å²) < 4.78 is 0. The van der Waals surface area contributed by atoms with Gasteiger partial charge in [0.15, 0.2) is 0 Å². The molecule has 0 saturated carbocycles. The Kier molecular flexibility index (Phi) is 5.13. The zero-order chi connectivity index (χ0) is 21.4. The lowest BCUT2D eigenvalue weighted by Crippen LogP contribution is -2.30. The van der Waals surface area contributed by atoms with E-state index in [0.717, 1.165) is 16.9 Å². The molecule has 30 heavy (non-hydrogen) atoms. The van der Waals surface area contributed by atoms with Crippen LogP contribution in [0.1, 0.15) is 49.1 Å². The number of aromatic amines is 1. The molecule has 0 spiro atoms. The minimum atomic E-state index is -0.451. The fourth-order valence-corrected chi connectivity index (χ4v) is 3.76. The number of hydrogen-bond acceptors (Lipinski definition) is 6. The van der Waals surface area contributed by atoms with Crippen LogP contribution in [0.4, 0.5) is 11.6 Å². The molecule has 1 aromatic heterocycles. The quantitative estimate of drug-likeness (QED) is 0.481. The largest absolute Gasteiger partial charge is 0.291 e. The minimum absolute atomic E-state index is 0.202. The first-order valence-electron chi connectivity index (χ1n) is 9.35. The Morgan fingerprint density at radius 1 is 1.10 bits per heavy atom. The molecule has 4 rings (SSSR count). The number of amides is 3. The van der Waals surface area contributed by atoms with E-state index in [9.17, 15) is 14.4 Å². The van der Waals surface area contributed by atoms with Gasteiger partial charge in [-0.25, -0.2) is 10.00 Å². The highest BCUT2D eigenvalue weighted by atomic mass is 32.2. The zero-order valence-electron chi connectivity index (χ0n) is 16.6. The van der Waals surface area contributed by atoms with Gasteiger partial charge in [0, 0.05) is 5.56 Å². The second kappa shape index (κ2) is 7.75. The average Bonchev–Trinajstić information content (AvgIpc) is 3.26. The molecule has 1 aliphatic rings. The summed E-state index contributed by atoms with van der Waals surface area (Å²) in [6.45, 7) is 5.72. The molecule has 1 aliphatic heterocycles. The van der Waals surface area contributed by atoms with Crippen LogP contribution in [0.3, 0.4) is 0 Å². The van der Waals surface area contributed by atoms with Crippen LogP contribution in [0.2, 0.25) is 0 Å². The first kappa shape index (κ1) is 19.8. The van der Waals surface area contributed by atoms with Crippen molar-refractivity contribution in [1.82, 2.24) is 15.2 Å². The topological polar surface area (TPSA) is 108 Å². The number of benzene rings is 2.